The van der Waals surface area contributed by atoms with Crippen LogP contribution in [-0.2, 0) is 10.0 Å². The average molecular weight is 256 g/mol. The Labute approximate surface area is 96.0 Å². The van der Waals surface area contributed by atoms with Crippen molar-refractivity contribution in [3.05, 3.63) is 30.1 Å². The van der Waals surface area contributed by atoms with Crippen LogP contribution in [0.15, 0.2) is 24.3 Å². The molecule has 84 valence electrons. The van der Waals surface area contributed by atoms with Gasteiger partial charge in [-0.1, -0.05) is 12.1 Å². The van der Waals surface area contributed by atoms with E-state index in [-0.39, 0.29) is 0 Å². The van der Waals surface area contributed by atoms with Crippen LogP contribution in [-0.4, -0.2) is 18.1 Å². The van der Waals surface area contributed by atoms with Crippen molar-refractivity contribution in [2.45, 2.75) is 4.58 Å². The largest absolute Gasteiger partial charge is 0.264 e. The highest BCUT2D eigenvalue weighted by Gasteiger charge is 2.35. The van der Waals surface area contributed by atoms with Gasteiger partial charge in [0.15, 0.2) is 5.82 Å². The molecule has 2 heterocycles. The average Bonchev–Trinajstić information content (AvgIpc) is 2.73. The number of sulfonamides is 1. The molecular weight excluding hydrogens is 248 g/mol. The van der Waals surface area contributed by atoms with Gasteiger partial charge in [0.1, 0.15) is 0 Å². The predicted molar refractivity (Wildman–Crippen MR) is 62.5 cm³/mol. The first-order valence-electron chi connectivity index (χ1n) is 4.48. The zero-order valence-corrected chi connectivity index (χ0v) is 9.62. The zero-order valence-electron chi connectivity index (χ0n) is 7.99. The fourth-order valence-electron chi connectivity index (χ4n) is 1.67. The van der Waals surface area contributed by atoms with Gasteiger partial charge in [-0.2, -0.15) is 0 Å². The standard InChI is InChI=1S/C8H8N4O2S2/c9-16(13,14)8-7-10-5-3-1-2-4-6(5)12(7)11-15-8/h1-4,8,11H,(H2,9,13,14). The van der Waals surface area contributed by atoms with Gasteiger partial charge in [-0.3, -0.25) is 4.83 Å². The minimum atomic E-state index is -3.65. The van der Waals surface area contributed by atoms with Crippen molar-refractivity contribution in [2.24, 2.45) is 5.14 Å². The lowest BCUT2D eigenvalue weighted by Crippen LogP contribution is -2.18. The second-order valence-corrected chi connectivity index (χ2v) is 6.26. The van der Waals surface area contributed by atoms with E-state index < -0.39 is 14.6 Å². The Hall–Kier alpha value is -1.25. The molecule has 1 aromatic carbocycles. The number of nitrogens with zero attached hydrogens (tertiary/aromatic N) is 2. The summed E-state index contributed by atoms with van der Waals surface area (Å²) >= 11 is 1.04. The minimum absolute atomic E-state index is 0.425. The van der Waals surface area contributed by atoms with Crippen LogP contribution in [0.2, 0.25) is 0 Å². The molecule has 0 radical (unpaired) electrons. The first-order chi connectivity index (χ1) is 7.57. The van der Waals surface area contributed by atoms with Crippen molar-refractivity contribution in [2.75, 3.05) is 4.83 Å². The first kappa shape index (κ1) is 9.94. The maximum absolute atomic E-state index is 11.3. The van der Waals surface area contributed by atoms with Gasteiger partial charge in [0.25, 0.3) is 0 Å². The van der Waals surface area contributed by atoms with Crippen LogP contribution in [0.1, 0.15) is 10.4 Å². The molecule has 1 unspecified atom stereocenters. The molecule has 0 saturated heterocycles. The van der Waals surface area contributed by atoms with E-state index in [1.807, 2.05) is 24.3 Å². The Bertz CT molecular complexity index is 664. The van der Waals surface area contributed by atoms with Crippen LogP contribution < -0.4 is 9.97 Å². The maximum atomic E-state index is 11.3. The molecule has 0 spiro atoms. The van der Waals surface area contributed by atoms with Crippen molar-refractivity contribution in [3.63, 3.8) is 0 Å². The maximum Gasteiger partial charge on any atom is 0.230 e. The monoisotopic (exact) mass is 256 g/mol. The highest BCUT2D eigenvalue weighted by Crippen LogP contribution is 2.37. The normalized spacial score (nSPS) is 19.7. The number of primary sulfonamides is 1. The Morgan fingerprint density at radius 2 is 2.19 bits per heavy atom. The summed E-state index contributed by atoms with van der Waals surface area (Å²) in [4.78, 5) is 7.15. The van der Waals surface area contributed by atoms with E-state index in [4.69, 9.17) is 5.14 Å². The van der Waals surface area contributed by atoms with Crippen LogP contribution in [0.3, 0.4) is 0 Å². The molecule has 3 N–H and O–H groups in total. The van der Waals surface area contributed by atoms with Crippen LogP contribution >= 0.6 is 11.9 Å². The summed E-state index contributed by atoms with van der Waals surface area (Å²) in [7, 11) is -3.65. The molecule has 0 saturated carbocycles. The van der Waals surface area contributed by atoms with Gasteiger partial charge in [0, 0.05) is 0 Å². The number of fused-ring (bicyclic) bond motifs is 3. The summed E-state index contributed by atoms with van der Waals surface area (Å²) in [6.45, 7) is 0. The third-order valence-electron chi connectivity index (χ3n) is 2.35. The third-order valence-corrected chi connectivity index (χ3v) is 4.96. The van der Waals surface area contributed by atoms with Gasteiger partial charge in [-0.25, -0.2) is 23.2 Å². The molecule has 1 aliphatic heterocycles. The van der Waals surface area contributed by atoms with E-state index in [1.165, 1.54) is 0 Å². The summed E-state index contributed by atoms with van der Waals surface area (Å²) < 4.78 is 23.5. The Morgan fingerprint density at radius 1 is 1.44 bits per heavy atom. The third kappa shape index (κ3) is 1.30. The fraction of sp³-hybridized carbons (Fsp3) is 0.125. The van der Waals surface area contributed by atoms with E-state index in [0.29, 0.717) is 5.82 Å². The molecule has 1 atom stereocenters. The van der Waals surface area contributed by atoms with Crippen LogP contribution in [0.5, 0.6) is 0 Å². The van der Waals surface area contributed by atoms with E-state index in [2.05, 4.69) is 9.82 Å². The molecule has 1 aromatic heterocycles. The SMILES string of the molecule is NS(=O)(=O)C1SNn2c1nc1ccccc12. The highest BCUT2D eigenvalue weighted by atomic mass is 32.3. The van der Waals surface area contributed by atoms with Gasteiger partial charge in [-0.15, -0.1) is 0 Å². The van der Waals surface area contributed by atoms with Crippen molar-refractivity contribution in [1.29, 1.82) is 0 Å². The number of nitrogens with one attached hydrogen (secondary N) is 1. The van der Waals surface area contributed by atoms with Gasteiger partial charge in [0.05, 0.1) is 11.0 Å². The van der Waals surface area contributed by atoms with Gasteiger partial charge in [-0.05, 0) is 24.1 Å². The van der Waals surface area contributed by atoms with Crippen LogP contribution in [0, 0.1) is 0 Å². The molecule has 1 aliphatic rings. The molecular formula is C8H8N4O2S2. The van der Waals surface area contributed by atoms with Crippen molar-refractivity contribution in [1.82, 2.24) is 9.66 Å². The number of aromatic nitrogens is 2. The van der Waals surface area contributed by atoms with Crippen molar-refractivity contribution >= 4 is 33.0 Å². The number of benzene rings is 1. The van der Waals surface area contributed by atoms with Gasteiger partial charge >= 0.3 is 0 Å². The van der Waals surface area contributed by atoms with Crippen LogP contribution in [0.25, 0.3) is 11.0 Å². The predicted octanol–water partition coefficient (Wildman–Crippen LogP) is 0.529. The number of rotatable bonds is 1. The van der Waals surface area contributed by atoms with Crippen molar-refractivity contribution < 1.29 is 8.42 Å². The summed E-state index contributed by atoms with van der Waals surface area (Å²) in [5.41, 5.74) is 1.59. The minimum Gasteiger partial charge on any atom is -0.264 e. The molecule has 0 aliphatic carbocycles. The number of para-hydroxylation sites is 2. The smallest absolute Gasteiger partial charge is 0.230 e. The topological polar surface area (TPSA) is 90.0 Å². The number of hydrogen-bond acceptors (Lipinski definition) is 5. The van der Waals surface area contributed by atoms with Gasteiger partial charge in [0.2, 0.25) is 14.6 Å². The second-order valence-electron chi connectivity index (χ2n) is 3.42. The van der Waals surface area contributed by atoms with E-state index in [1.54, 1.807) is 4.68 Å². The second kappa shape index (κ2) is 3.12. The summed E-state index contributed by atoms with van der Waals surface area (Å²) in [6, 6.07) is 7.41. The van der Waals surface area contributed by atoms with Crippen molar-refractivity contribution in [3.8, 4) is 0 Å². The Kier molecular flexibility index (Phi) is 1.94. The van der Waals surface area contributed by atoms with E-state index in [0.717, 1.165) is 23.0 Å². The Balaban J connectivity index is 2.27. The number of hydrogen-bond donors (Lipinski definition) is 2. The fourth-order valence-corrected chi connectivity index (χ4v) is 3.44. The van der Waals surface area contributed by atoms with E-state index >= 15 is 0 Å². The van der Waals surface area contributed by atoms with E-state index in [9.17, 15) is 8.42 Å². The number of nitrogens with two attached hydrogens (primary N) is 1. The quantitative estimate of drug-likeness (QED) is 0.726. The Morgan fingerprint density at radius 3 is 2.94 bits per heavy atom. The van der Waals surface area contributed by atoms with Crippen LogP contribution in [0.4, 0.5) is 0 Å². The van der Waals surface area contributed by atoms with Gasteiger partial charge < -0.3 is 0 Å². The molecule has 3 rings (SSSR count). The lowest BCUT2D eigenvalue weighted by molar-refractivity contribution is 0.595. The molecule has 0 fully saturated rings. The summed E-state index contributed by atoms with van der Waals surface area (Å²) in [5.74, 6) is 0.425. The molecule has 8 heteroatoms. The summed E-state index contributed by atoms with van der Waals surface area (Å²) in [5, 5.41) is 5.14. The molecule has 2 aromatic rings. The molecule has 0 bridgehead atoms. The zero-order chi connectivity index (χ0) is 11.3. The molecule has 0 amide bonds. The number of imidazole rings is 1. The highest BCUT2D eigenvalue weighted by molar-refractivity contribution is 8.12. The lowest BCUT2D eigenvalue weighted by Gasteiger charge is -2.01. The molecule has 6 nitrogen and oxygen atoms in total. The summed E-state index contributed by atoms with van der Waals surface area (Å²) in [6.07, 6.45) is 0. The lowest BCUT2D eigenvalue weighted by atomic mass is 10.3. The first-order valence-corrected chi connectivity index (χ1v) is 6.97. The molecule has 16 heavy (non-hydrogen) atoms.